The van der Waals surface area contributed by atoms with Crippen LogP contribution in [0.3, 0.4) is 0 Å². The molecule has 1 saturated carbocycles. The summed E-state index contributed by atoms with van der Waals surface area (Å²) in [7, 11) is 0. The number of alkyl halides is 1. The van der Waals surface area contributed by atoms with Crippen LogP contribution in [0.4, 0.5) is 20.3 Å². The molecule has 3 fully saturated rings. The van der Waals surface area contributed by atoms with Crippen molar-refractivity contribution in [1.29, 1.82) is 0 Å². The summed E-state index contributed by atoms with van der Waals surface area (Å²) >= 11 is 0. The summed E-state index contributed by atoms with van der Waals surface area (Å²) in [6.45, 7) is 7.15. The maximum Gasteiger partial charge on any atom is 0.193 e. The highest BCUT2D eigenvalue weighted by Gasteiger charge is 2.33. The predicted molar refractivity (Wildman–Crippen MR) is 173 cm³/mol. The number of hydrogen-bond donors (Lipinski definition) is 0. The van der Waals surface area contributed by atoms with Crippen molar-refractivity contribution in [2.75, 3.05) is 36.0 Å². The minimum Gasteiger partial charge on any atom is -0.369 e. The first-order valence-corrected chi connectivity index (χ1v) is 16.3. The van der Waals surface area contributed by atoms with Gasteiger partial charge in [-0.15, -0.1) is 0 Å². The number of aromatic nitrogens is 4. The summed E-state index contributed by atoms with van der Waals surface area (Å²) in [4.78, 5) is 33.7. The van der Waals surface area contributed by atoms with Crippen LogP contribution in [0.1, 0.15) is 67.1 Å². The summed E-state index contributed by atoms with van der Waals surface area (Å²) in [5.41, 5.74) is 4.60. The molecule has 4 aromatic rings. The Kier molecular flexibility index (Phi) is 8.25. The van der Waals surface area contributed by atoms with Gasteiger partial charge in [-0.25, -0.2) is 13.8 Å². The average Bonchev–Trinajstić information content (AvgIpc) is 3.88. The van der Waals surface area contributed by atoms with Crippen LogP contribution in [0.25, 0.3) is 10.9 Å². The lowest BCUT2D eigenvalue weighted by Gasteiger charge is -2.41. The number of nitrogens with zero attached hydrogens (tertiary/aromatic N) is 7. The molecule has 0 unspecified atom stereocenters. The Morgan fingerprint density at radius 3 is 2.49 bits per heavy atom. The molecule has 0 spiro atoms. The first kappa shape index (κ1) is 29.8. The third-order valence-electron chi connectivity index (χ3n) is 9.52. The Labute approximate surface area is 262 Å². The molecule has 3 aromatic heterocycles. The molecule has 7 rings (SSSR count). The predicted octanol–water partition coefficient (Wildman–Crippen LogP) is 5.89. The van der Waals surface area contributed by atoms with E-state index in [1.807, 2.05) is 43.1 Å². The van der Waals surface area contributed by atoms with Crippen LogP contribution in [-0.2, 0) is 13.1 Å². The molecule has 45 heavy (non-hydrogen) atoms. The maximum atomic E-state index is 15.7. The molecule has 2 atom stereocenters. The van der Waals surface area contributed by atoms with Crippen molar-refractivity contribution in [3.8, 4) is 0 Å². The van der Waals surface area contributed by atoms with Crippen LogP contribution >= 0.6 is 0 Å². The van der Waals surface area contributed by atoms with E-state index in [9.17, 15) is 4.79 Å². The quantitative estimate of drug-likeness (QED) is 0.246. The van der Waals surface area contributed by atoms with Gasteiger partial charge in [0.1, 0.15) is 17.8 Å². The molecule has 10 heteroatoms. The molecule has 236 valence electrons. The molecule has 0 amide bonds. The van der Waals surface area contributed by atoms with Gasteiger partial charge in [0.25, 0.3) is 0 Å². The normalized spacial score (nSPS) is 20.7. The molecular formula is C35H41F2N7O. The second kappa shape index (κ2) is 12.5. The first-order chi connectivity index (χ1) is 21.8. The molecule has 5 heterocycles. The second-order valence-corrected chi connectivity index (χ2v) is 13.1. The second-order valence-electron chi connectivity index (χ2n) is 13.1. The molecule has 2 saturated heterocycles. The fraction of sp³-hybridized carbons (Fsp3) is 0.486. The van der Waals surface area contributed by atoms with E-state index in [1.54, 1.807) is 18.6 Å². The molecule has 1 aromatic carbocycles. The average molecular weight is 614 g/mol. The highest BCUT2D eigenvalue weighted by Crippen LogP contribution is 2.38. The van der Waals surface area contributed by atoms with Crippen molar-refractivity contribution in [1.82, 2.24) is 24.4 Å². The first-order valence-electron chi connectivity index (χ1n) is 16.3. The van der Waals surface area contributed by atoms with Gasteiger partial charge in [0.2, 0.25) is 0 Å². The minimum atomic E-state index is -1.06. The number of rotatable bonds is 8. The van der Waals surface area contributed by atoms with E-state index in [1.165, 1.54) is 6.07 Å². The monoisotopic (exact) mass is 613 g/mol. The molecule has 0 N–H and O–H groups in total. The van der Waals surface area contributed by atoms with Gasteiger partial charge < -0.3 is 14.4 Å². The number of fused-ring (bicyclic) bond motifs is 1. The van der Waals surface area contributed by atoms with Crippen molar-refractivity contribution in [3.05, 3.63) is 87.6 Å². The van der Waals surface area contributed by atoms with Crippen molar-refractivity contribution in [2.24, 2.45) is 0 Å². The van der Waals surface area contributed by atoms with Crippen LogP contribution in [-0.4, -0.2) is 62.8 Å². The number of piperidine rings is 2. The van der Waals surface area contributed by atoms with Gasteiger partial charge in [0, 0.05) is 73.8 Å². The van der Waals surface area contributed by atoms with Gasteiger partial charge in [-0.3, -0.25) is 19.7 Å². The Balaban J connectivity index is 1.26. The smallest absolute Gasteiger partial charge is 0.193 e. The number of halogens is 2. The standard InChI is InChI=1S/C35H41F2N7O/c1-23-12-25(8-9-38-23)18-42(29-13-27(36)21-43(22-29)34-17-39-24(2)16-40-34)19-26-20-44(28-6-7-28)32-15-33(41-10-4-3-5-11-41)31(37)14-30(32)35(26)45/h8-9,12,14-17,20,27-29H,3-7,10-11,13,18-19,21-22H2,1-2H3/t27-,29-/m0/s1. The third-order valence-corrected chi connectivity index (χ3v) is 9.52. The lowest BCUT2D eigenvalue weighted by Crippen LogP contribution is -2.52. The van der Waals surface area contributed by atoms with Gasteiger partial charge in [-0.05, 0) is 82.2 Å². The van der Waals surface area contributed by atoms with Crippen LogP contribution in [0, 0.1) is 19.7 Å². The summed E-state index contributed by atoms with van der Waals surface area (Å²) in [5, 5.41) is 0.418. The molecule has 2 aliphatic heterocycles. The fourth-order valence-electron chi connectivity index (χ4n) is 7.04. The van der Waals surface area contributed by atoms with Gasteiger partial charge in [0.05, 0.1) is 35.8 Å². The minimum absolute atomic E-state index is 0.157. The molecule has 8 nitrogen and oxygen atoms in total. The lowest BCUT2D eigenvalue weighted by atomic mass is 10.00. The molecule has 0 radical (unpaired) electrons. The van der Waals surface area contributed by atoms with E-state index in [-0.39, 0.29) is 23.8 Å². The lowest BCUT2D eigenvalue weighted by molar-refractivity contribution is 0.120. The van der Waals surface area contributed by atoms with Crippen LogP contribution in [0.5, 0.6) is 0 Å². The van der Waals surface area contributed by atoms with E-state index in [4.69, 9.17) is 0 Å². The van der Waals surface area contributed by atoms with Crippen molar-refractivity contribution >= 4 is 22.4 Å². The molecule has 3 aliphatic rings. The van der Waals surface area contributed by atoms with E-state index in [0.29, 0.717) is 54.6 Å². The topological polar surface area (TPSA) is 70.4 Å². The maximum absolute atomic E-state index is 15.7. The Morgan fingerprint density at radius 1 is 0.933 bits per heavy atom. The summed E-state index contributed by atoms with van der Waals surface area (Å²) in [6.07, 6.45) is 11.8. The third kappa shape index (κ3) is 6.43. The molecule has 1 aliphatic carbocycles. The molecule has 0 bridgehead atoms. The van der Waals surface area contributed by atoms with Crippen LogP contribution < -0.4 is 15.2 Å². The van der Waals surface area contributed by atoms with Crippen LogP contribution in [0.2, 0.25) is 0 Å². The van der Waals surface area contributed by atoms with E-state index in [2.05, 4.69) is 29.3 Å². The zero-order valence-electron chi connectivity index (χ0n) is 26.1. The van der Waals surface area contributed by atoms with Gasteiger partial charge >= 0.3 is 0 Å². The molecular weight excluding hydrogens is 572 g/mol. The largest absolute Gasteiger partial charge is 0.369 e. The highest BCUT2D eigenvalue weighted by atomic mass is 19.1. The number of aryl methyl sites for hydroxylation is 2. The van der Waals surface area contributed by atoms with Crippen molar-refractivity contribution in [2.45, 2.75) is 83.7 Å². The van der Waals surface area contributed by atoms with Gasteiger partial charge in [0.15, 0.2) is 5.43 Å². The summed E-state index contributed by atoms with van der Waals surface area (Å²) in [6, 6.07) is 7.46. The van der Waals surface area contributed by atoms with E-state index >= 15 is 8.78 Å². The number of anilines is 2. The van der Waals surface area contributed by atoms with E-state index in [0.717, 1.165) is 67.7 Å². The van der Waals surface area contributed by atoms with Crippen molar-refractivity contribution < 1.29 is 8.78 Å². The van der Waals surface area contributed by atoms with Gasteiger partial charge in [-0.1, -0.05) is 0 Å². The highest BCUT2D eigenvalue weighted by molar-refractivity contribution is 5.84. The Morgan fingerprint density at radius 2 is 1.76 bits per heavy atom. The van der Waals surface area contributed by atoms with Crippen LogP contribution in [0.15, 0.2) is 53.8 Å². The fourth-order valence-corrected chi connectivity index (χ4v) is 7.04. The Hall–Kier alpha value is -3.92. The number of hydrogen-bond acceptors (Lipinski definition) is 7. The zero-order chi connectivity index (χ0) is 31.1. The zero-order valence-corrected chi connectivity index (χ0v) is 26.1. The van der Waals surface area contributed by atoms with Crippen molar-refractivity contribution in [3.63, 3.8) is 0 Å². The van der Waals surface area contributed by atoms with E-state index < -0.39 is 6.17 Å². The number of benzene rings is 1. The number of pyridine rings is 2. The Bertz CT molecular complexity index is 1730. The summed E-state index contributed by atoms with van der Waals surface area (Å²) < 4.78 is 33.3. The van der Waals surface area contributed by atoms with Gasteiger partial charge in [-0.2, -0.15) is 0 Å². The SMILES string of the molecule is Cc1cnc(N2C[C@@H](F)C[C@H](N(Cc3ccnc(C)c3)Cc3cn(C4CC4)c4cc(N5CCCCC5)c(F)cc4c3=O)C2)cn1. The summed E-state index contributed by atoms with van der Waals surface area (Å²) in [5.74, 6) is 0.307.